The van der Waals surface area contributed by atoms with Crippen LogP contribution in [0.15, 0.2) is 54.7 Å². The van der Waals surface area contributed by atoms with Crippen molar-refractivity contribution in [2.75, 3.05) is 19.7 Å². The first-order valence-electron chi connectivity index (χ1n) is 9.61. The van der Waals surface area contributed by atoms with Crippen molar-refractivity contribution in [2.24, 2.45) is 5.92 Å². The van der Waals surface area contributed by atoms with Gasteiger partial charge in [-0.05, 0) is 30.5 Å². The Labute approximate surface area is 154 Å². The van der Waals surface area contributed by atoms with E-state index in [0.29, 0.717) is 13.1 Å². The Morgan fingerprint density at radius 3 is 2.46 bits per heavy atom. The van der Waals surface area contributed by atoms with Gasteiger partial charge >= 0.3 is 0 Å². The molecule has 136 valence electrons. The van der Waals surface area contributed by atoms with Gasteiger partial charge in [0.05, 0.1) is 5.41 Å². The summed E-state index contributed by atoms with van der Waals surface area (Å²) in [6, 6.07) is 16.1. The van der Waals surface area contributed by atoms with Crippen molar-refractivity contribution in [3.63, 3.8) is 0 Å². The number of rotatable bonds is 4. The van der Waals surface area contributed by atoms with E-state index in [1.54, 1.807) is 6.20 Å². The number of aromatic nitrogens is 1. The number of nitrogens with zero attached hydrogens (tertiary/aromatic N) is 2. The SMILES string of the molecule is O=C(N1C[C@@H](CO)[C@H](c2ccccn2)C1)C1(c2ccccc2)CCCC1. The van der Waals surface area contributed by atoms with Crippen LogP contribution >= 0.6 is 0 Å². The van der Waals surface area contributed by atoms with Gasteiger partial charge in [-0.15, -0.1) is 0 Å². The van der Waals surface area contributed by atoms with Gasteiger partial charge < -0.3 is 10.0 Å². The van der Waals surface area contributed by atoms with Gasteiger partial charge in [-0.1, -0.05) is 49.2 Å². The molecule has 2 fully saturated rings. The number of benzene rings is 1. The van der Waals surface area contributed by atoms with Crippen molar-refractivity contribution in [3.05, 3.63) is 66.0 Å². The Hall–Kier alpha value is -2.20. The van der Waals surface area contributed by atoms with E-state index in [2.05, 4.69) is 17.1 Å². The molecule has 2 atom stereocenters. The maximum Gasteiger partial charge on any atom is 0.233 e. The summed E-state index contributed by atoms with van der Waals surface area (Å²) >= 11 is 0. The molecule has 1 aliphatic heterocycles. The van der Waals surface area contributed by atoms with E-state index in [9.17, 15) is 9.90 Å². The van der Waals surface area contributed by atoms with E-state index in [0.717, 1.165) is 36.9 Å². The second kappa shape index (κ2) is 7.20. The number of amides is 1. The summed E-state index contributed by atoms with van der Waals surface area (Å²) in [5, 5.41) is 9.88. The quantitative estimate of drug-likeness (QED) is 0.922. The van der Waals surface area contributed by atoms with Gasteiger partial charge in [-0.3, -0.25) is 9.78 Å². The van der Waals surface area contributed by atoms with E-state index in [4.69, 9.17) is 0 Å². The summed E-state index contributed by atoms with van der Waals surface area (Å²) in [7, 11) is 0. The molecule has 0 bridgehead atoms. The highest BCUT2D eigenvalue weighted by molar-refractivity contribution is 5.89. The molecule has 1 aliphatic carbocycles. The van der Waals surface area contributed by atoms with E-state index < -0.39 is 0 Å². The summed E-state index contributed by atoms with van der Waals surface area (Å²) in [4.78, 5) is 20.1. The molecule has 1 aromatic carbocycles. The molecule has 0 spiro atoms. The van der Waals surface area contributed by atoms with E-state index in [1.165, 1.54) is 0 Å². The normalized spacial score (nSPS) is 24.7. The minimum Gasteiger partial charge on any atom is -0.396 e. The van der Waals surface area contributed by atoms with Crippen LogP contribution < -0.4 is 0 Å². The molecular formula is C22H26N2O2. The highest BCUT2D eigenvalue weighted by atomic mass is 16.3. The number of aliphatic hydroxyl groups is 1. The van der Waals surface area contributed by atoms with Crippen LogP contribution in [0, 0.1) is 5.92 Å². The number of likely N-dealkylation sites (tertiary alicyclic amines) is 1. The molecule has 1 N–H and O–H groups in total. The third-order valence-electron chi connectivity index (χ3n) is 6.22. The van der Waals surface area contributed by atoms with Gasteiger partial charge in [0, 0.05) is 43.4 Å². The van der Waals surface area contributed by atoms with Crippen LogP contribution in [0.5, 0.6) is 0 Å². The lowest BCUT2D eigenvalue weighted by atomic mass is 9.77. The maximum absolute atomic E-state index is 13.6. The molecule has 4 nitrogen and oxygen atoms in total. The Balaban J connectivity index is 1.61. The molecule has 1 saturated heterocycles. The number of aliphatic hydroxyl groups excluding tert-OH is 1. The summed E-state index contributed by atoms with van der Waals surface area (Å²) < 4.78 is 0. The third kappa shape index (κ3) is 2.92. The molecule has 1 saturated carbocycles. The van der Waals surface area contributed by atoms with Gasteiger partial charge in [0.25, 0.3) is 0 Å². The lowest BCUT2D eigenvalue weighted by molar-refractivity contribution is -0.136. The van der Waals surface area contributed by atoms with Gasteiger partial charge in [0.15, 0.2) is 0 Å². The second-order valence-corrected chi connectivity index (χ2v) is 7.67. The fourth-order valence-electron chi connectivity index (χ4n) is 4.82. The van der Waals surface area contributed by atoms with Crippen LogP contribution in [0.2, 0.25) is 0 Å². The van der Waals surface area contributed by atoms with Crippen molar-refractivity contribution in [3.8, 4) is 0 Å². The zero-order chi connectivity index (χ0) is 18.0. The van der Waals surface area contributed by atoms with E-state index >= 15 is 0 Å². The summed E-state index contributed by atoms with van der Waals surface area (Å²) in [6.07, 6.45) is 5.83. The van der Waals surface area contributed by atoms with E-state index in [1.807, 2.05) is 41.3 Å². The highest BCUT2D eigenvalue weighted by Gasteiger charge is 2.48. The first kappa shape index (κ1) is 17.2. The van der Waals surface area contributed by atoms with Crippen LogP contribution in [0.3, 0.4) is 0 Å². The number of hydrogen-bond donors (Lipinski definition) is 1. The van der Waals surface area contributed by atoms with Crippen LogP contribution in [0.1, 0.15) is 42.9 Å². The van der Waals surface area contributed by atoms with Gasteiger partial charge in [-0.25, -0.2) is 0 Å². The van der Waals surface area contributed by atoms with Crippen LogP contribution in [-0.4, -0.2) is 40.6 Å². The predicted octanol–water partition coefficient (Wildman–Crippen LogP) is 3.13. The fraction of sp³-hybridized carbons (Fsp3) is 0.455. The van der Waals surface area contributed by atoms with Crippen LogP contribution in [0.4, 0.5) is 0 Å². The molecular weight excluding hydrogens is 324 g/mol. The van der Waals surface area contributed by atoms with Crippen molar-refractivity contribution in [1.82, 2.24) is 9.88 Å². The molecule has 2 aliphatic rings. The van der Waals surface area contributed by atoms with Crippen molar-refractivity contribution >= 4 is 5.91 Å². The first-order valence-corrected chi connectivity index (χ1v) is 9.61. The molecule has 1 aromatic heterocycles. The molecule has 2 aromatic rings. The Morgan fingerprint density at radius 2 is 1.81 bits per heavy atom. The lowest BCUT2D eigenvalue weighted by Gasteiger charge is -2.33. The van der Waals surface area contributed by atoms with Gasteiger partial charge in [-0.2, -0.15) is 0 Å². The Morgan fingerprint density at radius 1 is 1.08 bits per heavy atom. The number of carbonyl (C=O) groups is 1. The Kier molecular flexibility index (Phi) is 4.77. The fourth-order valence-corrected chi connectivity index (χ4v) is 4.82. The average molecular weight is 350 g/mol. The van der Waals surface area contributed by atoms with Crippen molar-refractivity contribution in [1.29, 1.82) is 0 Å². The van der Waals surface area contributed by atoms with Crippen LogP contribution in [-0.2, 0) is 10.2 Å². The molecule has 0 radical (unpaired) electrons. The third-order valence-corrected chi connectivity index (χ3v) is 6.22. The zero-order valence-electron chi connectivity index (χ0n) is 15.1. The lowest BCUT2D eigenvalue weighted by Crippen LogP contribution is -2.44. The zero-order valence-corrected chi connectivity index (χ0v) is 15.1. The highest BCUT2D eigenvalue weighted by Crippen LogP contribution is 2.44. The monoisotopic (exact) mass is 350 g/mol. The topological polar surface area (TPSA) is 53.4 Å². The maximum atomic E-state index is 13.6. The average Bonchev–Trinajstić information content (AvgIpc) is 3.37. The van der Waals surface area contributed by atoms with Crippen molar-refractivity contribution < 1.29 is 9.90 Å². The molecule has 1 amide bonds. The first-order chi connectivity index (χ1) is 12.7. The summed E-state index contributed by atoms with van der Waals surface area (Å²) in [5.41, 5.74) is 1.73. The largest absolute Gasteiger partial charge is 0.396 e. The minimum absolute atomic E-state index is 0.0584. The second-order valence-electron chi connectivity index (χ2n) is 7.67. The minimum atomic E-state index is -0.389. The predicted molar refractivity (Wildman–Crippen MR) is 101 cm³/mol. The molecule has 0 unspecified atom stereocenters. The van der Waals surface area contributed by atoms with E-state index in [-0.39, 0.29) is 29.8 Å². The van der Waals surface area contributed by atoms with Gasteiger partial charge in [0.2, 0.25) is 5.91 Å². The molecule has 4 rings (SSSR count). The molecule has 26 heavy (non-hydrogen) atoms. The van der Waals surface area contributed by atoms with Gasteiger partial charge in [0.1, 0.15) is 0 Å². The molecule has 2 heterocycles. The van der Waals surface area contributed by atoms with Crippen LogP contribution in [0.25, 0.3) is 0 Å². The molecule has 4 heteroatoms. The van der Waals surface area contributed by atoms with Crippen molar-refractivity contribution in [2.45, 2.75) is 37.0 Å². The Bertz CT molecular complexity index is 741. The number of hydrogen-bond acceptors (Lipinski definition) is 3. The summed E-state index contributed by atoms with van der Waals surface area (Å²) in [6.45, 7) is 1.35. The standard InChI is InChI=1S/C22H26N2O2/c25-16-17-14-24(15-19(17)20-10-4-7-13-23-20)21(26)22(11-5-6-12-22)18-8-2-1-3-9-18/h1-4,7-10,13,17,19,25H,5-6,11-12,14-16H2/t17-,19+/m0/s1. The smallest absolute Gasteiger partial charge is 0.233 e. The number of carbonyl (C=O) groups excluding carboxylic acids is 1. The summed E-state index contributed by atoms with van der Waals surface area (Å²) in [5.74, 6) is 0.403. The number of pyridine rings is 1.